The molecule has 2 amide bonds. The molecule has 1 heterocycles. The lowest BCUT2D eigenvalue weighted by atomic mass is 10.1. The van der Waals surface area contributed by atoms with Crippen LogP contribution in [0.1, 0.15) is 58.9 Å². The van der Waals surface area contributed by atoms with Gasteiger partial charge in [0, 0.05) is 23.5 Å². The molecule has 9 heteroatoms. The first-order valence-electron chi connectivity index (χ1n) is 10.2. The lowest BCUT2D eigenvalue weighted by molar-refractivity contribution is 0.100. The molecule has 0 saturated carbocycles. The van der Waals surface area contributed by atoms with E-state index in [0.717, 1.165) is 10.4 Å². The number of nitrogens with two attached hydrogens (primary N) is 1. The molecular weight excluding hydrogens is 434 g/mol. The lowest BCUT2D eigenvalue weighted by Crippen LogP contribution is -2.37. The first kappa shape index (κ1) is 25.0. The summed E-state index contributed by atoms with van der Waals surface area (Å²) >= 11 is 1.28. The van der Waals surface area contributed by atoms with Crippen LogP contribution < -0.4 is 11.1 Å². The fourth-order valence-electron chi connectivity index (χ4n) is 3.20. The van der Waals surface area contributed by atoms with E-state index in [2.05, 4.69) is 5.32 Å². The van der Waals surface area contributed by atoms with Crippen molar-refractivity contribution < 1.29 is 18.0 Å². The second-order valence-corrected chi connectivity index (χ2v) is 11.6. The van der Waals surface area contributed by atoms with Crippen LogP contribution in [0.2, 0.25) is 0 Å². The number of thiophene rings is 1. The molecule has 0 fully saturated rings. The Hall–Kier alpha value is -2.23. The van der Waals surface area contributed by atoms with Crippen LogP contribution in [-0.2, 0) is 10.0 Å². The molecule has 0 bridgehead atoms. The van der Waals surface area contributed by atoms with Crippen molar-refractivity contribution in [2.45, 2.75) is 46.4 Å². The third kappa shape index (κ3) is 5.93. The van der Waals surface area contributed by atoms with E-state index in [1.165, 1.54) is 39.9 Å². The maximum Gasteiger partial charge on any atom is 0.256 e. The van der Waals surface area contributed by atoms with Crippen LogP contribution in [0.25, 0.3) is 0 Å². The highest BCUT2D eigenvalue weighted by atomic mass is 32.2. The van der Waals surface area contributed by atoms with Gasteiger partial charge >= 0.3 is 0 Å². The molecule has 0 aliphatic carbocycles. The van der Waals surface area contributed by atoms with Crippen LogP contribution in [-0.4, -0.2) is 37.6 Å². The molecule has 2 rings (SSSR count). The van der Waals surface area contributed by atoms with Crippen molar-refractivity contribution >= 4 is 38.2 Å². The Morgan fingerprint density at radius 1 is 1.03 bits per heavy atom. The normalized spacial score (nSPS) is 12.0. The first-order chi connectivity index (χ1) is 14.3. The number of rotatable bonds is 9. The Bertz CT molecular complexity index is 1050. The molecule has 0 unspecified atom stereocenters. The van der Waals surface area contributed by atoms with Gasteiger partial charge in [0.25, 0.3) is 11.8 Å². The van der Waals surface area contributed by atoms with Gasteiger partial charge < -0.3 is 11.1 Å². The van der Waals surface area contributed by atoms with Crippen LogP contribution in [0.15, 0.2) is 29.2 Å². The van der Waals surface area contributed by atoms with Gasteiger partial charge in [-0.25, -0.2) is 8.42 Å². The van der Waals surface area contributed by atoms with Gasteiger partial charge in [-0.15, -0.1) is 11.3 Å². The summed E-state index contributed by atoms with van der Waals surface area (Å²) in [7, 11) is -3.67. The average Bonchev–Trinajstić information content (AvgIpc) is 2.94. The second-order valence-electron chi connectivity index (χ2n) is 8.44. The SMILES string of the molecule is Cc1sc(NC(=O)c2ccc(S(=O)(=O)N(CC(C)C)CC(C)C)cc2)c(C(N)=O)c1C. The second kappa shape index (κ2) is 9.93. The fraction of sp³-hybridized carbons (Fsp3) is 0.455. The Kier molecular flexibility index (Phi) is 8.02. The summed E-state index contributed by atoms with van der Waals surface area (Å²) in [5, 5.41) is 3.11. The van der Waals surface area contributed by atoms with E-state index in [-0.39, 0.29) is 22.3 Å². The van der Waals surface area contributed by atoms with Gasteiger partial charge in [-0.3, -0.25) is 9.59 Å². The van der Waals surface area contributed by atoms with Crippen LogP contribution in [0.3, 0.4) is 0 Å². The van der Waals surface area contributed by atoms with E-state index in [1.54, 1.807) is 6.92 Å². The fourth-order valence-corrected chi connectivity index (χ4v) is 6.03. The van der Waals surface area contributed by atoms with E-state index >= 15 is 0 Å². The minimum Gasteiger partial charge on any atom is -0.365 e. The molecule has 0 atom stereocenters. The molecule has 7 nitrogen and oxygen atoms in total. The predicted octanol–water partition coefficient (Wildman–Crippen LogP) is 4.02. The van der Waals surface area contributed by atoms with Gasteiger partial charge in [0.05, 0.1) is 10.5 Å². The van der Waals surface area contributed by atoms with E-state index in [9.17, 15) is 18.0 Å². The number of aryl methyl sites for hydroxylation is 1. The molecule has 0 spiro atoms. The average molecular weight is 466 g/mol. The summed E-state index contributed by atoms with van der Waals surface area (Å²) in [6.45, 7) is 12.4. The topological polar surface area (TPSA) is 110 Å². The summed E-state index contributed by atoms with van der Waals surface area (Å²) < 4.78 is 27.7. The zero-order valence-corrected chi connectivity index (χ0v) is 20.5. The minimum absolute atomic E-state index is 0.144. The third-order valence-corrected chi connectivity index (χ3v) is 7.72. The number of amides is 2. The van der Waals surface area contributed by atoms with E-state index in [0.29, 0.717) is 23.7 Å². The number of anilines is 1. The van der Waals surface area contributed by atoms with E-state index < -0.39 is 21.8 Å². The molecule has 2 aromatic rings. The van der Waals surface area contributed by atoms with Crippen molar-refractivity contribution in [3.8, 4) is 0 Å². The number of nitrogens with zero attached hydrogens (tertiary/aromatic N) is 1. The maximum atomic E-state index is 13.1. The zero-order chi connectivity index (χ0) is 23.5. The number of primary amides is 1. The van der Waals surface area contributed by atoms with Gasteiger partial charge in [0.2, 0.25) is 10.0 Å². The Morgan fingerprint density at radius 3 is 2.00 bits per heavy atom. The number of sulfonamides is 1. The summed E-state index contributed by atoms with van der Waals surface area (Å²) in [4.78, 5) is 25.5. The lowest BCUT2D eigenvalue weighted by Gasteiger charge is -2.25. The van der Waals surface area contributed by atoms with Gasteiger partial charge in [-0.2, -0.15) is 4.31 Å². The summed E-state index contributed by atoms with van der Waals surface area (Å²) in [6, 6.07) is 5.83. The largest absolute Gasteiger partial charge is 0.365 e. The highest BCUT2D eigenvalue weighted by Gasteiger charge is 2.26. The Morgan fingerprint density at radius 2 is 1.55 bits per heavy atom. The van der Waals surface area contributed by atoms with Crippen molar-refractivity contribution in [1.82, 2.24) is 4.31 Å². The number of hydrogen-bond donors (Lipinski definition) is 2. The smallest absolute Gasteiger partial charge is 0.256 e. The van der Waals surface area contributed by atoms with Crippen molar-refractivity contribution in [3.63, 3.8) is 0 Å². The monoisotopic (exact) mass is 465 g/mol. The van der Waals surface area contributed by atoms with Gasteiger partial charge in [-0.1, -0.05) is 27.7 Å². The molecule has 3 N–H and O–H groups in total. The number of carbonyl (C=O) groups excluding carboxylic acids is 2. The van der Waals surface area contributed by atoms with Gasteiger partial charge in [0.1, 0.15) is 5.00 Å². The molecular formula is C22H31N3O4S2. The zero-order valence-electron chi connectivity index (χ0n) is 18.9. The highest BCUT2D eigenvalue weighted by molar-refractivity contribution is 7.89. The molecule has 0 aliphatic rings. The first-order valence-corrected chi connectivity index (χ1v) is 12.4. The number of hydrogen-bond acceptors (Lipinski definition) is 5. The van der Waals surface area contributed by atoms with Crippen molar-refractivity contribution in [2.75, 3.05) is 18.4 Å². The van der Waals surface area contributed by atoms with Crippen molar-refractivity contribution in [3.05, 3.63) is 45.8 Å². The molecule has 1 aromatic heterocycles. The van der Waals surface area contributed by atoms with Crippen LogP contribution in [0, 0.1) is 25.7 Å². The number of carbonyl (C=O) groups is 2. The molecule has 31 heavy (non-hydrogen) atoms. The van der Waals surface area contributed by atoms with E-state index in [4.69, 9.17) is 5.73 Å². The summed E-state index contributed by atoms with van der Waals surface area (Å²) in [5.74, 6) is -0.658. The maximum absolute atomic E-state index is 13.1. The quantitative estimate of drug-likeness (QED) is 0.583. The van der Waals surface area contributed by atoms with Crippen molar-refractivity contribution in [1.29, 1.82) is 0 Å². The number of benzene rings is 1. The van der Waals surface area contributed by atoms with E-state index in [1.807, 2.05) is 34.6 Å². The minimum atomic E-state index is -3.67. The van der Waals surface area contributed by atoms with Crippen LogP contribution in [0.5, 0.6) is 0 Å². The molecule has 0 saturated heterocycles. The number of nitrogens with one attached hydrogen (secondary N) is 1. The predicted molar refractivity (Wildman–Crippen MR) is 125 cm³/mol. The standard InChI is InChI=1S/C22H31N3O4S2/c1-13(2)11-25(12-14(3)4)31(28,29)18-9-7-17(8-10-18)21(27)24-22-19(20(23)26)15(5)16(6)30-22/h7-10,13-14H,11-12H2,1-6H3,(H2,23,26)(H,24,27). The molecule has 0 aliphatic heterocycles. The van der Waals surface area contributed by atoms with Gasteiger partial charge in [-0.05, 0) is 55.5 Å². The molecule has 170 valence electrons. The molecule has 1 aromatic carbocycles. The Balaban J connectivity index is 2.27. The highest BCUT2D eigenvalue weighted by Crippen LogP contribution is 2.32. The Labute approximate surface area is 188 Å². The summed E-state index contributed by atoms with van der Waals surface area (Å²) in [5.41, 5.74) is 6.78. The van der Waals surface area contributed by atoms with Gasteiger partial charge in [0.15, 0.2) is 0 Å². The molecule has 0 radical (unpaired) electrons. The van der Waals surface area contributed by atoms with Crippen LogP contribution >= 0.6 is 11.3 Å². The third-order valence-electron chi connectivity index (χ3n) is 4.75. The van der Waals surface area contributed by atoms with Crippen LogP contribution in [0.4, 0.5) is 5.00 Å². The van der Waals surface area contributed by atoms with Crippen molar-refractivity contribution in [2.24, 2.45) is 17.6 Å². The summed E-state index contributed by atoms with van der Waals surface area (Å²) in [6.07, 6.45) is 0.